The average Bonchev–Trinajstić information content (AvgIpc) is 2.63. The highest BCUT2D eigenvalue weighted by atomic mass is 79.9. The largest absolute Gasteiger partial charge is 0.279 e. The van der Waals surface area contributed by atoms with Crippen LogP contribution in [0.15, 0.2) is 0 Å². The lowest BCUT2D eigenvalue weighted by molar-refractivity contribution is 0.425. The Balaban J connectivity index is 2.41. The van der Waals surface area contributed by atoms with Gasteiger partial charge in [-0.1, -0.05) is 29.8 Å². The van der Waals surface area contributed by atoms with Gasteiger partial charge in [-0.05, 0) is 25.2 Å². The van der Waals surface area contributed by atoms with Crippen LogP contribution in [0.2, 0.25) is 0 Å². The summed E-state index contributed by atoms with van der Waals surface area (Å²) in [6, 6.07) is 0. The first kappa shape index (κ1) is 14.4. The summed E-state index contributed by atoms with van der Waals surface area (Å²) in [5.41, 5.74) is 0. The maximum atomic E-state index is 11.8. The molecule has 2 atom stereocenters. The van der Waals surface area contributed by atoms with Crippen molar-refractivity contribution in [1.82, 2.24) is 9.03 Å². The lowest BCUT2D eigenvalue weighted by Crippen LogP contribution is -2.42. The van der Waals surface area contributed by atoms with Gasteiger partial charge in [0.25, 0.3) is 10.2 Å². The van der Waals surface area contributed by atoms with Gasteiger partial charge in [-0.3, -0.25) is 0 Å². The van der Waals surface area contributed by atoms with E-state index in [0.717, 1.165) is 19.3 Å². The zero-order valence-electron chi connectivity index (χ0n) is 9.95. The van der Waals surface area contributed by atoms with Crippen molar-refractivity contribution in [1.29, 1.82) is 0 Å². The molecule has 0 aromatic heterocycles. The molecule has 0 aromatic rings. The van der Waals surface area contributed by atoms with Crippen LogP contribution in [0.5, 0.6) is 0 Å². The van der Waals surface area contributed by atoms with Crippen molar-refractivity contribution in [3.63, 3.8) is 0 Å². The number of nitrogens with one attached hydrogen (secondary N) is 1. The Morgan fingerprint density at radius 2 is 1.94 bits per heavy atom. The molecule has 0 amide bonds. The number of alkyl halides is 1. The fraction of sp³-hybridized carbons (Fsp3) is 1.00. The third-order valence-electron chi connectivity index (χ3n) is 3.08. The summed E-state index contributed by atoms with van der Waals surface area (Å²) in [6.45, 7) is 5.33. The number of hydrogen-bond acceptors (Lipinski definition) is 2. The smallest absolute Gasteiger partial charge is 0.202 e. The van der Waals surface area contributed by atoms with Crippen LogP contribution in [0.3, 0.4) is 0 Å². The second-order valence-corrected chi connectivity index (χ2v) is 7.26. The fourth-order valence-corrected chi connectivity index (χ4v) is 4.18. The molecule has 0 aromatic carbocycles. The molecule has 96 valence electrons. The maximum Gasteiger partial charge on any atom is 0.279 e. The molecule has 6 heteroatoms. The molecule has 0 spiro atoms. The average molecular weight is 313 g/mol. The normalized spacial score (nSPS) is 26.5. The van der Waals surface area contributed by atoms with Crippen LogP contribution in [0.4, 0.5) is 0 Å². The molecule has 1 saturated carbocycles. The van der Waals surface area contributed by atoms with Gasteiger partial charge in [-0.2, -0.15) is 12.7 Å². The minimum Gasteiger partial charge on any atom is -0.202 e. The number of hydrogen-bond donors (Lipinski definition) is 1. The lowest BCUT2D eigenvalue weighted by Gasteiger charge is -2.20. The van der Waals surface area contributed by atoms with E-state index in [9.17, 15) is 8.42 Å². The zero-order chi connectivity index (χ0) is 12.2. The van der Waals surface area contributed by atoms with E-state index in [1.165, 1.54) is 4.31 Å². The second-order valence-electron chi connectivity index (χ2n) is 4.21. The van der Waals surface area contributed by atoms with E-state index >= 15 is 0 Å². The molecule has 2 unspecified atom stereocenters. The molecular weight excluding hydrogens is 292 g/mol. The highest BCUT2D eigenvalue weighted by Gasteiger charge is 2.25. The van der Waals surface area contributed by atoms with E-state index < -0.39 is 10.2 Å². The molecule has 1 aliphatic carbocycles. The lowest BCUT2D eigenvalue weighted by atomic mass is 10.1. The van der Waals surface area contributed by atoms with Crippen LogP contribution in [0, 0.1) is 5.92 Å². The molecule has 4 nitrogen and oxygen atoms in total. The highest BCUT2D eigenvalue weighted by molar-refractivity contribution is 9.09. The topological polar surface area (TPSA) is 49.4 Å². The summed E-state index contributed by atoms with van der Waals surface area (Å²) in [5.74, 6) is 0.481. The van der Waals surface area contributed by atoms with Gasteiger partial charge < -0.3 is 0 Å². The SMILES string of the molecule is CCN(CC)S(=O)(=O)NCC1CCC(Br)C1. The van der Waals surface area contributed by atoms with Crippen LogP contribution in [0.1, 0.15) is 33.1 Å². The van der Waals surface area contributed by atoms with Gasteiger partial charge in [0, 0.05) is 24.5 Å². The first-order chi connectivity index (χ1) is 7.49. The summed E-state index contributed by atoms with van der Waals surface area (Å²) in [6.07, 6.45) is 3.33. The minimum absolute atomic E-state index is 0.481. The third kappa shape index (κ3) is 3.98. The Hall–Kier alpha value is 0.350. The van der Waals surface area contributed by atoms with Crippen LogP contribution in [0.25, 0.3) is 0 Å². The summed E-state index contributed by atoms with van der Waals surface area (Å²) >= 11 is 3.57. The Morgan fingerprint density at radius 1 is 1.31 bits per heavy atom. The van der Waals surface area contributed by atoms with Crippen molar-refractivity contribution in [3.8, 4) is 0 Å². The number of nitrogens with zero attached hydrogens (tertiary/aromatic N) is 1. The molecule has 1 aliphatic rings. The van der Waals surface area contributed by atoms with Crippen LogP contribution >= 0.6 is 15.9 Å². The van der Waals surface area contributed by atoms with Crippen LogP contribution in [-0.2, 0) is 10.2 Å². The zero-order valence-corrected chi connectivity index (χ0v) is 12.3. The van der Waals surface area contributed by atoms with E-state index in [0.29, 0.717) is 30.4 Å². The van der Waals surface area contributed by atoms with Gasteiger partial charge in [0.05, 0.1) is 0 Å². The Kier molecular flexibility index (Phi) is 5.70. The summed E-state index contributed by atoms with van der Waals surface area (Å²) in [5, 5.41) is 0. The van der Waals surface area contributed by atoms with Gasteiger partial charge in [-0.25, -0.2) is 4.72 Å². The van der Waals surface area contributed by atoms with E-state index in [1.807, 2.05) is 13.8 Å². The maximum absolute atomic E-state index is 11.8. The molecule has 0 heterocycles. The van der Waals surface area contributed by atoms with Crippen molar-refractivity contribution < 1.29 is 8.42 Å². The summed E-state index contributed by atoms with van der Waals surface area (Å²) in [4.78, 5) is 0.565. The Labute approximate surface area is 107 Å². The quantitative estimate of drug-likeness (QED) is 0.759. The van der Waals surface area contributed by atoms with Gasteiger partial charge in [0.15, 0.2) is 0 Å². The molecule has 1 fully saturated rings. The van der Waals surface area contributed by atoms with Crippen molar-refractivity contribution in [3.05, 3.63) is 0 Å². The Bertz CT molecular complexity index is 304. The van der Waals surface area contributed by atoms with Crippen LogP contribution in [-0.4, -0.2) is 37.2 Å². The van der Waals surface area contributed by atoms with Crippen LogP contribution < -0.4 is 4.72 Å². The van der Waals surface area contributed by atoms with Crippen molar-refractivity contribution in [2.24, 2.45) is 5.92 Å². The van der Waals surface area contributed by atoms with Crippen molar-refractivity contribution in [2.45, 2.75) is 37.9 Å². The van der Waals surface area contributed by atoms with Gasteiger partial charge in [0.1, 0.15) is 0 Å². The molecular formula is C10H21BrN2O2S. The predicted molar refractivity (Wildman–Crippen MR) is 69.9 cm³/mol. The molecule has 0 aliphatic heterocycles. The summed E-state index contributed by atoms with van der Waals surface area (Å²) < 4.78 is 27.8. The van der Waals surface area contributed by atoms with Crippen molar-refractivity contribution >= 4 is 26.1 Å². The van der Waals surface area contributed by atoms with Crippen molar-refractivity contribution in [2.75, 3.05) is 19.6 Å². The predicted octanol–water partition coefficient (Wildman–Crippen LogP) is 1.73. The van der Waals surface area contributed by atoms with E-state index in [1.54, 1.807) is 0 Å². The monoisotopic (exact) mass is 312 g/mol. The number of rotatable bonds is 6. The van der Waals surface area contributed by atoms with Gasteiger partial charge in [-0.15, -0.1) is 0 Å². The molecule has 0 bridgehead atoms. The number of halogens is 1. The van der Waals surface area contributed by atoms with E-state index in [4.69, 9.17) is 0 Å². The fourth-order valence-electron chi connectivity index (χ4n) is 2.08. The second kappa shape index (κ2) is 6.33. The minimum atomic E-state index is -3.26. The molecule has 0 radical (unpaired) electrons. The van der Waals surface area contributed by atoms with E-state index in [2.05, 4.69) is 20.7 Å². The van der Waals surface area contributed by atoms with Gasteiger partial charge >= 0.3 is 0 Å². The highest BCUT2D eigenvalue weighted by Crippen LogP contribution is 2.30. The van der Waals surface area contributed by atoms with Gasteiger partial charge in [0.2, 0.25) is 0 Å². The third-order valence-corrected chi connectivity index (χ3v) is 5.64. The van der Waals surface area contributed by atoms with E-state index in [-0.39, 0.29) is 0 Å². The summed E-state index contributed by atoms with van der Waals surface area (Å²) in [7, 11) is -3.26. The molecule has 1 rings (SSSR count). The Morgan fingerprint density at radius 3 is 2.38 bits per heavy atom. The first-order valence-electron chi connectivity index (χ1n) is 5.88. The standard InChI is InChI=1S/C10H21BrN2O2S/c1-3-13(4-2)16(14,15)12-8-9-5-6-10(11)7-9/h9-10,12H,3-8H2,1-2H3. The first-order valence-corrected chi connectivity index (χ1v) is 8.24. The molecule has 1 N–H and O–H groups in total. The molecule has 0 saturated heterocycles. The molecule has 16 heavy (non-hydrogen) atoms.